The second-order valence-corrected chi connectivity index (χ2v) is 7.13. The van der Waals surface area contributed by atoms with Gasteiger partial charge in [-0.2, -0.15) is 0 Å². The third-order valence-corrected chi connectivity index (χ3v) is 4.51. The third kappa shape index (κ3) is 4.04. The molecule has 0 bridgehead atoms. The predicted octanol–water partition coefficient (Wildman–Crippen LogP) is 0.489. The number of amides is 2. The summed E-state index contributed by atoms with van der Waals surface area (Å²) in [6.07, 6.45) is 3.49. The maximum atomic E-state index is 12.1. The van der Waals surface area contributed by atoms with Crippen LogP contribution >= 0.6 is 0 Å². The number of hydrogen-bond acceptors (Lipinski definition) is 4. The first-order chi connectivity index (χ1) is 9.88. The van der Waals surface area contributed by atoms with Gasteiger partial charge in [0, 0.05) is 18.4 Å². The molecule has 114 valence electrons. The van der Waals surface area contributed by atoms with Crippen LogP contribution in [0.5, 0.6) is 0 Å². The first kappa shape index (κ1) is 15.5. The molecule has 0 aromatic heterocycles. The van der Waals surface area contributed by atoms with E-state index in [0.29, 0.717) is 18.5 Å². The third-order valence-electron chi connectivity index (χ3n) is 3.39. The highest BCUT2D eigenvalue weighted by Gasteiger charge is 2.22. The smallest absolute Gasteiger partial charge is 0.251 e. The van der Waals surface area contributed by atoms with Gasteiger partial charge in [-0.3, -0.25) is 9.59 Å². The number of nitrogens with one attached hydrogen (secondary N) is 2. The summed E-state index contributed by atoms with van der Waals surface area (Å²) < 4.78 is 22.7. The summed E-state index contributed by atoms with van der Waals surface area (Å²) in [5.74, 6) is -0.550. The largest absolute Gasteiger partial charge is 0.354 e. The summed E-state index contributed by atoms with van der Waals surface area (Å²) in [6.45, 7) is 0.633. The van der Waals surface area contributed by atoms with Crippen LogP contribution in [0.2, 0.25) is 0 Å². The average molecular weight is 310 g/mol. The van der Waals surface area contributed by atoms with E-state index in [-0.39, 0.29) is 16.7 Å². The molecule has 6 nitrogen and oxygen atoms in total. The fraction of sp³-hybridized carbons (Fsp3) is 0.429. The molecule has 1 aliphatic heterocycles. The van der Waals surface area contributed by atoms with Crippen molar-refractivity contribution < 1.29 is 18.0 Å². The van der Waals surface area contributed by atoms with Crippen LogP contribution in [0, 0.1) is 0 Å². The Bertz CT molecular complexity index is 637. The second-order valence-electron chi connectivity index (χ2n) is 5.11. The quantitative estimate of drug-likeness (QED) is 0.850. The van der Waals surface area contributed by atoms with Crippen LogP contribution in [0.3, 0.4) is 0 Å². The summed E-state index contributed by atoms with van der Waals surface area (Å²) in [5.41, 5.74) is 0.333. The van der Waals surface area contributed by atoms with Crippen molar-refractivity contribution >= 4 is 21.7 Å². The Morgan fingerprint density at radius 3 is 2.52 bits per heavy atom. The Labute approximate surface area is 123 Å². The normalized spacial score (nSPS) is 19.5. The topological polar surface area (TPSA) is 92.3 Å². The monoisotopic (exact) mass is 310 g/mol. The predicted molar refractivity (Wildman–Crippen MR) is 77.7 cm³/mol. The van der Waals surface area contributed by atoms with Crippen LogP contribution in [0.15, 0.2) is 29.2 Å². The van der Waals surface area contributed by atoms with E-state index < -0.39 is 15.9 Å². The molecule has 0 unspecified atom stereocenters. The summed E-state index contributed by atoms with van der Waals surface area (Å²) in [7, 11) is -3.28. The molecular weight excluding hydrogens is 292 g/mol. The molecule has 21 heavy (non-hydrogen) atoms. The van der Waals surface area contributed by atoms with E-state index in [1.54, 1.807) is 0 Å². The Morgan fingerprint density at radius 2 is 1.90 bits per heavy atom. The Kier molecular flexibility index (Phi) is 4.62. The maximum absolute atomic E-state index is 12.1. The standard InChI is InChI=1S/C14H18N2O4S/c1-21(19,20)11-7-5-10(6-8-11)13(17)16-12-4-2-3-9-15-14(12)18/h5-8,12H,2-4,9H2,1H3,(H,15,18)(H,16,17)/t12-/m0/s1. The van der Waals surface area contributed by atoms with Gasteiger partial charge in [0.05, 0.1) is 4.90 Å². The van der Waals surface area contributed by atoms with Gasteiger partial charge >= 0.3 is 0 Å². The van der Waals surface area contributed by atoms with Gasteiger partial charge in [-0.05, 0) is 43.5 Å². The highest BCUT2D eigenvalue weighted by Crippen LogP contribution is 2.11. The van der Waals surface area contributed by atoms with Crippen LogP contribution in [0.4, 0.5) is 0 Å². The van der Waals surface area contributed by atoms with Gasteiger partial charge in [-0.15, -0.1) is 0 Å². The number of sulfone groups is 1. The minimum absolute atomic E-state index is 0.159. The van der Waals surface area contributed by atoms with Gasteiger partial charge in [0.15, 0.2) is 9.84 Å². The highest BCUT2D eigenvalue weighted by atomic mass is 32.2. The molecule has 1 aromatic carbocycles. The molecule has 1 heterocycles. The number of rotatable bonds is 3. The molecule has 0 saturated carbocycles. The molecule has 1 aromatic rings. The van der Waals surface area contributed by atoms with Gasteiger partial charge in [0.1, 0.15) is 6.04 Å². The van der Waals surface area contributed by atoms with Crippen LogP contribution in [0.1, 0.15) is 29.6 Å². The lowest BCUT2D eigenvalue weighted by Crippen LogP contribution is -2.45. The van der Waals surface area contributed by atoms with Gasteiger partial charge < -0.3 is 10.6 Å². The fourth-order valence-corrected chi connectivity index (χ4v) is 2.80. The number of carbonyl (C=O) groups excluding carboxylic acids is 2. The van der Waals surface area contributed by atoms with Gasteiger partial charge in [-0.1, -0.05) is 0 Å². The number of carbonyl (C=O) groups is 2. The van der Waals surface area contributed by atoms with E-state index >= 15 is 0 Å². The Hall–Kier alpha value is -1.89. The van der Waals surface area contributed by atoms with Crippen molar-refractivity contribution in [3.8, 4) is 0 Å². The van der Waals surface area contributed by atoms with Crippen molar-refractivity contribution in [2.75, 3.05) is 12.8 Å². The Balaban J connectivity index is 2.08. The zero-order chi connectivity index (χ0) is 15.5. The van der Waals surface area contributed by atoms with Gasteiger partial charge in [0.25, 0.3) is 5.91 Å². The first-order valence-electron chi connectivity index (χ1n) is 6.76. The van der Waals surface area contributed by atoms with Crippen molar-refractivity contribution in [1.29, 1.82) is 0 Å². The molecular formula is C14H18N2O4S. The highest BCUT2D eigenvalue weighted by molar-refractivity contribution is 7.90. The first-order valence-corrected chi connectivity index (χ1v) is 8.66. The molecule has 7 heteroatoms. The molecule has 1 aliphatic rings. The van der Waals surface area contributed by atoms with Crippen molar-refractivity contribution in [2.24, 2.45) is 0 Å². The van der Waals surface area contributed by atoms with Crippen LogP contribution < -0.4 is 10.6 Å². The molecule has 1 fully saturated rings. The van der Waals surface area contributed by atoms with Gasteiger partial charge in [-0.25, -0.2) is 8.42 Å². The molecule has 0 aliphatic carbocycles. The molecule has 1 saturated heterocycles. The summed E-state index contributed by atoms with van der Waals surface area (Å²) in [5, 5.41) is 5.43. The lowest BCUT2D eigenvalue weighted by atomic mass is 10.1. The van der Waals surface area contributed by atoms with Crippen molar-refractivity contribution in [1.82, 2.24) is 10.6 Å². The van der Waals surface area contributed by atoms with Crippen LogP contribution in [-0.4, -0.2) is 39.1 Å². The number of benzene rings is 1. The van der Waals surface area contributed by atoms with Crippen LogP contribution in [0.25, 0.3) is 0 Å². The van der Waals surface area contributed by atoms with E-state index in [0.717, 1.165) is 19.1 Å². The maximum Gasteiger partial charge on any atom is 0.251 e. The minimum Gasteiger partial charge on any atom is -0.354 e. The second kappa shape index (κ2) is 6.26. The molecule has 0 spiro atoms. The molecule has 1 atom stereocenters. The van der Waals surface area contributed by atoms with E-state index in [2.05, 4.69) is 10.6 Å². The zero-order valence-electron chi connectivity index (χ0n) is 11.8. The van der Waals surface area contributed by atoms with E-state index in [4.69, 9.17) is 0 Å². The molecule has 0 radical (unpaired) electrons. The van der Waals surface area contributed by atoms with Gasteiger partial charge in [0.2, 0.25) is 5.91 Å². The summed E-state index contributed by atoms with van der Waals surface area (Å²) in [4.78, 5) is 24.0. The van der Waals surface area contributed by atoms with Crippen LogP contribution in [-0.2, 0) is 14.6 Å². The minimum atomic E-state index is -3.28. The Morgan fingerprint density at radius 1 is 1.24 bits per heavy atom. The molecule has 2 rings (SSSR count). The lowest BCUT2D eigenvalue weighted by Gasteiger charge is -2.15. The fourth-order valence-electron chi connectivity index (χ4n) is 2.17. The summed E-state index contributed by atoms with van der Waals surface area (Å²) >= 11 is 0. The zero-order valence-corrected chi connectivity index (χ0v) is 12.6. The molecule has 2 N–H and O–H groups in total. The van der Waals surface area contributed by atoms with Crippen molar-refractivity contribution in [2.45, 2.75) is 30.2 Å². The van der Waals surface area contributed by atoms with Crippen molar-refractivity contribution in [3.63, 3.8) is 0 Å². The van der Waals surface area contributed by atoms with Crippen molar-refractivity contribution in [3.05, 3.63) is 29.8 Å². The lowest BCUT2D eigenvalue weighted by molar-refractivity contribution is -0.122. The number of hydrogen-bond donors (Lipinski definition) is 2. The van der Waals surface area contributed by atoms with E-state index in [1.807, 2.05) is 0 Å². The molecule has 2 amide bonds. The SMILES string of the molecule is CS(=O)(=O)c1ccc(C(=O)N[C@H]2CCCCNC2=O)cc1. The average Bonchev–Trinajstić information content (AvgIpc) is 2.63. The van der Waals surface area contributed by atoms with E-state index in [1.165, 1.54) is 24.3 Å². The van der Waals surface area contributed by atoms with E-state index in [9.17, 15) is 18.0 Å². The summed E-state index contributed by atoms with van der Waals surface area (Å²) in [6, 6.07) is 5.13.